The molecule has 1 aliphatic heterocycles. The van der Waals surface area contributed by atoms with Gasteiger partial charge in [0.1, 0.15) is 5.71 Å². The van der Waals surface area contributed by atoms with Gasteiger partial charge >= 0.3 is 0 Å². The zero-order valence-electron chi connectivity index (χ0n) is 17.2. The molecule has 6 heteroatoms. The van der Waals surface area contributed by atoms with E-state index in [0.29, 0.717) is 23.0 Å². The summed E-state index contributed by atoms with van der Waals surface area (Å²) in [5.41, 5.74) is 4.70. The van der Waals surface area contributed by atoms with E-state index in [1.165, 1.54) is 0 Å². The van der Waals surface area contributed by atoms with Crippen LogP contribution < -0.4 is 18.9 Å². The van der Waals surface area contributed by atoms with Crippen LogP contribution in [-0.4, -0.2) is 39.9 Å². The highest BCUT2D eigenvalue weighted by atomic mass is 16.5. The molecule has 1 aliphatic rings. The molecular weight excluding hydrogens is 356 g/mol. The van der Waals surface area contributed by atoms with Gasteiger partial charge in [-0.3, -0.25) is 0 Å². The molecule has 0 saturated carbocycles. The Balaban J connectivity index is 2.26. The average Bonchev–Trinajstić information content (AvgIpc) is 2.87. The molecule has 28 heavy (non-hydrogen) atoms. The van der Waals surface area contributed by atoms with Crippen molar-refractivity contribution in [1.29, 1.82) is 0 Å². The van der Waals surface area contributed by atoms with Gasteiger partial charge in [0.25, 0.3) is 0 Å². The summed E-state index contributed by atoms with van der Waals surface area (Å²) in [4.78, 5) is 0. The smallest absolute Gasteiger partial charge is 0.161 e. The summed E-state index contributed by atoms with van der Waals surface area (Å²) in [6.07, 6.45) is 0.909. The SMILES string of the molecule is CC[C@H]1C(C)=NN=C(c2ccc(OC)c(OC)c2)c2cc(OC)c(OC)cc21. The number of rotatable bonds is 6. The number of methoxy groups -OCH3 is 4. The standard InChI is InChI=1S/C22H26N2O4/c1-7-15-13(2)23-24-22(14-8-9-18(25-3)19(10-14)26-4)17-12-21(28-6)20(27-5)11-16(15)17/h8-12,15H,7H2,1-6H3/t15-/m0/s1. The molecule has 148 valence electrons. The monoisotopic (exact) mass is 382 g/mol. The summed E-state index contributed by atoms with van der Waals surface area (Å²) in [5, 5.41) is 9.10. The third-order valence-electron chi connectivity index (χ3n) is 5.06. The molecule has 6 nitrogen and oxygen atoms in total. The van der Waals surface area contributed by atoms with Gasteiger partial charge in [-0.05, 0) is 49.2 Å². The molecule has 3 rings (SSSR count). The second kappa shape index (κ2) is 8.33. The highest BCUT2D eigenvalue weighted by Gasteiger charge is 2.26. The van der Waals surface area contributed by atoms with Gasteiger partial charge in [-0.25, -0.2) is 0 Å². The number of nitrogens with zero attached hydrogens (tertiary/aromatic N) is 2. The maximum atomic E-state index is 5.54. The van der Waals surface area contributed by atoms with Crippen molar-refractivity contribution in [3.05, 3.63) is 47.0 Å². The van der Waals surface area contributed by atoms with Crippen LogP contribution in [0.15, 0.2) is 40.5 Å². The number of ether oxygens (including phenoxy) is 4. The molecule has 0 radical (unpaired) electrons. The minimum Gasteiger partial charge on any atom is -0.493 e. The van der Waals surface area contributed by atoms with E-state index in [2.05, 4.69) is 17.1 Å². The summed E-state index contributed by atoms with van der Waals surface area (Å²) in [7, 11) is 6.51. The van der Waals surface area contributed by atoms with Crippen molar-refractivity contribution in [2.24, 2.45) is 10.2 Å². The Labute approximate surface area is 165 Å². The molecule has 1 atom stereocenters. The lowest BCUT2D eigenvalue weighted by molar-refractivity contribution is 0.354. The number of benzene rings is 2. The lowest BCUT2D eigenvalue weighted by Crippen LogP contribution is -2.13. The summed E-state index contributed by atoms with van der Waals surface area (Å²) in [6.45, 7) is 4.15. The maximum Gasteiger partial charge on any atom is 0.161 e. The first-order chi connectivity index (χ1) is 13.6. The van der Waals surface area contributed by atoms with Gasteiger partial charge in [0.2, 0.25) is 0 Å². The topological polar surface area (TPSA) is 61.6 Å². The highest BCUT2D eigenvalue weighted by molar-refractivity contribution is 6.16. The Hall–Kier alpha value is -3.02. The molecule has 2 aromatic carbocycles. The summed E-state index contributed by atoms with van der Waals surface area (Å²) >= 11 is 0. The Kier molecular flexibility index (Phi) is 5.87. The van der Waals surface area contributed by atoms with Gasteiger partial charge in [-0.2, -0.15) is 5.10 Å². The van der Waals surface area contributed by atoms with Crippen molar-refractivity contribution in [3.63, 3.8) is 0 Å². The molecular formula is C22H26N2O4. The van der Waals surface area contributed by atoms with Gasteiger partial charge in [-0.15, -0.1) is 5.10 Å². The largest absolute Gasteiger partial charge is 0.493 e. The van der Waals surface area contributed by atoms with Crippen LogP contribution in [0.25, 0.3) is 0 Å². The van der Waals surface area contributed by atoms with Crippen LogP contribution in [0.2, 0.25) is 0 Å². The van der Waals surface area contributed by atoms with Crippen molar-refractivity contribution in [2.45, 2.75) is 26.2 Å². The zero-order valence-corrected chi connectivity index (χ0v) is 17.2. The van der Waals surface area contributed by atoms with Crippen LogP contribution in [0.3, 0.4) is 0 Å². The fourth-order valence-corrected chi connectivity index (χ4v) is 3.58. The number of hydrogen-bond acceptors (Lipinski definition) is 6. The molecule has 1 heterocycles. The van der Waals surface area contributed by atoms with Gasteiger partial charge in [0.15, 0.2) is 23.0 Å². The molecule has 0 saturated heterocycles. The minimum atomic E-state index is 0.149. The Morgan fingerprint density at radius 1 is 0.786 bits per heavy atom. The fourth-order valence-electron chi connectivity index (χ4n) is 3.58. The van der Waals surface area contributed by atoms with E-state index >= 15 is 0 Å². The first-order valence-corrected chi connectivity index (χ1v) is 9.18. The maximum absolute atomic E-state index is 5.54. The molecule has 0 amide bonds. The molecule has 0 bridgehead atoms. The van der Waals surface area contributed by atoms with E-state index < -0.39 is 0 Å². The molecule has 2 aromatic rings. The summed E-state index contributed by atoms with van der Waals surface area (Å²) < 4.78 is 21.9. The normalized spacial score (nSPS) is 15.7. The van der Waals surface area contributed by atoms with E-state index in [-0.39, 0.29) is 5.92 Å². The van der Waals surface area contributed by atoms with Crippen molar-refractivity contribution in [3.8, 4) is 23.0 Å². The van der Waals surface area contributed by atoms with E-state index in [0.717, 1.165) is 34.5 Å². The van der Waals surface area contributed by atoms with E-state index in [9.17, 15) is 0 Å². The van der Waals surface area contributed by atoms with Crippen molar-refractivity contribution < 1.29 is 18.9 Å². The highest BCUT2D eigenvalue weighted by Crippen LogP contribution is 2.39. The quantitative estimate of drug-likeness (QED) is 0.741. The number of fused-ring (bicyclic) bond motifs is 1. The van der Waals surface area contributed by atoms with Gasteiger partial charge in [0, 0.05) is 22.8 Å². The molecule has 0 spiro atoms. The van der Waals surface area contributed by atoms with Crippen molar-refractivity contribution in [2.75, 3.05) is 28.4 Å². The lowest BCUT2D eigenvalue weighted by atomic mass is 9.85. The van der Waals surface area contributed by atoms with Crippen LogP contribution in [0, 0.1) is 0 Å². The first kappa shape index (κ1) is 19.7. The van der Waals surface area contributed by atoms with Gasteiger partial charge < -0.3 is 18.9 Å². The van der Waals surface area contributed by atoms with Crippen molar-refractivity contribution >= 4 is 11.4 Å². The third kappa shape index (κ3) is 3.42. The zero-order chi connectivity index (χ0) is 20.3. The minimum absolute atomic E-state index is 0.149. The summed E-state index contributed by atoms with van der Waals surface area (Å²) in [5.74, 6) is 2.81. The molecule has 0 fully saturated rings. The third-order valence-corrected chi connectivity index (χ3v) is 5.06. The molecule has 0 unspecified atom stereocenters. The van der Waals surface area contributed by atoms with Gasteiger partial charge in [0.05, 0.1) is 28.4 Å². The van der Waals surface area contributed by atoms with Crippen LogP contribution >= 0.6 is 0 Å². The van der Waals surface area contributed by atoms with Crippen LogP contribution in [0.4, 0.5) is 0 Å². The van der Waals surface area contributed by atoms with E-state index in [1.54, 1.807) is 28.4 Å². The van der Waals surface area contributed by atoms with Crippen molar-refractivity contribution in [1.82, 2.24) is 0 Å². The van der Waals surface area contributed by atoms with Crippen LogP contribution in [0.1, 0.15) is 42.9 Å². The van der Waals surface area contributed by atoms with Crippen LogP contribution in [0.5, 0.6) is 23.0 Å². The average molecular weight is 382 g/mol. The van der Waals surface area contributed by atoms with Gasteiger partial charge in [-0.1, -0.05) is 6.92 Å². The van der Waals surface area contributed by atoms with Crippen LogP contribution in [-0.2, 0) is 0 Å². The predicted octanol–water partition coefficient (Wildman–Crippen LogP) is 4.44. The fraction of sp³-hybridized carbons (Fsp3) is 0.364. The molecule has 0 aliphatic carbocycles. The Morgan fingerprint density at radius 2 is 1.39 bits per heavy atom. The number of hydrogen-bond donors (Lipinski definition) is 0. The first-order valence-electron chi connectivity index (χ1n) is 9.18. The predicted molar refractivity (Wildman–Crippen MR) is 111 cm³/mol. The lowest BCUT2D eigenvalue weighted by Gasteiger charge is -2.20. The van der Waals surface area contributed by atoms with E-state index in [4.69, 9.17) is 18.9 Å². The second-order valence-corrected chi connectivity index (χ2v) is 6.52. The Bertz CT molecular complexity index is 934. The molecule has 0 aromatic heterocycles. The summed E-state index contributed by atoms with van der Waals surface area (Å²) in [6, 6.07) is 9.74. The Morgan fingerprint density at radius 3 is 2.00 bits per heavy atom. The molecule has 0 N–H and O–H groups in total. The second-order valence-electron chi connectivity index (χ2n) is 6.52. The van der Waals surface area contributed by atoms with E-state index in [1.807, 2.05) is 37.3 Å².